The number of para-hydroxylation sites is 1. The first kappa shape index (κ1) is 32.9. The molecule has 1 aromatic heterocycles. The van der Waals surface area contributed by atoms with Crippen molar-refractivity contribution in [2.45, 2.75) is 29.9 Å². The lowest BCUT2D eigenvalue weighted by Crippen LogP contribution is -2.38. The van der Waals surface area contributed by atoms with Crippen molar-refractivity contribution >= 4 is 26.9 Å². The third kappa shape index (κ3) is 7.83. The van der Waals surface area contributed by atoms with Gasteiger partial charge in [0, 0.05) is 37.5 Å². The van der Waals surface area contributed by atoms with Gasteiger partial charge in [-0.3, -0.25) is 9.59 Å². The number of hydrogen-bond acceptors (Lipinski definition) is 9. The third-order valence-corrected chi connectivity index (χ3v) is 9.53. The third-order valence-electron chi connectivity index (χ3n) is 7.62. The van der Waals surface area contributed by atoms with Crippen molar-refractivity contribution in [2.24, 2.45) is 0 Å². The van der Waals surface area contributed by atoms with Crippen molar-refractivity contribution < 1.29 is 36.9 Å². The Labute approximate surface area is 267 Å². The number of carbonyl (C=O) groups excluding carboxylic acids is 1. The Kier molecular flexibility index (Phi) is 10.9. The number of rotatable bonds is 14. The number of methoxy groups -OCH3 is 1. The molecule has 1 aliphatic rings. The second kappa shape index (κ2) is 15.2. The van der Waals surface area contributed by atoms with Gasteiger partial charge in [-0.2, -0.15) is 4.31 Å². The monoisotopic (exact) mass is 648 g/mol. The molecule has 0 unspecified atom stereocenters. The number of allylic oxidation sites excluding steroid dienone is 1. The lowest BCUT2D eigenvalue weighted by Gasteiger charge is -2.30. The largest absolute Gasteiger partial charge is 0.497 e. The van der Waals surface area contributed by atoms with Gasteiger partial charge in [0.15, 0.2) is 11.2 Å². The van der Waals surface area contributed by atoms with Crippen LogP contribution in [-0.4, -0.2) is 70.0 Å². The van der Waals surface area contributed by atoms with Gasteiger partial charge < -0.3 is 29.1 Å². The summed E-state index contributed by atoms with van der Waals surface area (Å²) in [6.07, 6.45) is 2.79. The molecule has 12 heteroatoms. The van der Waals surface area contributed by atoms with Gasteiger partial charge in [-0.15, -0.1) is 0 Å². The summed E-state index contributed by atoms with van der Waals surface area (Å²) in [7, 11) is -2.48. The molecular weight excluding hydrogens is 612 g/mol. The molecule has 2 heterocycles. The molecule has 46 heavy (non-hydrogen) atoms. The molecule has 11 nitrogen and oxygen atoms in total. The minimum absolute atomic E-state index is 0.0139. The van der Waals surface area contributed by atoms with Gasteiger partial charge >= 0.3 is 0 Å². The highest BCUT2D eigenvalue weighted by molar-refractivity contribution is 7.89. The highest BCUT2D eigenvalue weighted by Crippen LogP contribution is 2.31. The van der Waals surface area contributed by atoms with Gasteiger partial charge in [0.25, 0.3) is 5.91 Å². The summed E-state index contributed by atoms with van der Waals surface area (Å²) in [5.41, 5.74) is 1.62. The summed E-state index contributed by atoms with van der Waals surface area (Å²) in [4.78, 5) is 26.7. The number of carbonyl (C=O) groups is 1. The highest BCUT2D eigenvalue weighted by atomic mass is 32.2. The number of ether oxygens (including phenoxy) is 3. The van der Waals surface area contributed by atoms with E-state index in [0.717, 1.165) is 9.87 Å². The molecule has 1 aliphatic heterocycles. The maximum atomic E-state index is 13.4. The van der Waals surface area contributed by atoms with Crippen LogP contribution in [-0.2, 0) is 30.7 Å². The molecule has 1 amide bonds. The van der Waals surface area contributed by atoms with E-state index in [-0.39, 0.29) is 42.2 Å². The molecule has 5 rings (SSSR count). The normalized spacial score (nSPS) is 16.5. The van der Waals surface area contributed by atoms with E-state index in [0.29, 0.717) is 35.2 Å². The van der Waals surface area contributed by atoms with E-state index in [1.54, 1.807) is 42.5 Å². The number of amides is 1. The van der Waals surface area contributed by atoms with Crippen molar-refractivity contribution in [3.8, 4) is 5.75 Å². The van der Waals surface area contributed by atoms with Crippen LogP contribution in [0, 0.1) is 0 Å². The Morgan fingerprint density at radius 2 is 1.76 bits per heavy atom. The quantitative estimate of drug-likeness (QED) is 0.210. The Morgan fingerprint density at radius 1 is 1.02 bits per heavy atom. The van der Waals surface area contributed by atoms with E-state index in [9.17, 15) is 23.1 Å². The Hall–Kier alpha value is -4.49. The van der Waals surface area contributed by atoms with Gasteiger partial charge in [-0.25, -0.2) is 8.42 Å². The first-order chi connectivity index (χ1) is 22.3. The molecule has 242 valence electrons. The molecule has 0 fully saturated rings. The zero-order chi connectivity index (χ0) is 32.5. The van der Waals surface area contributed by atoms with Crippen LogP contribution in [0.25, 0.3) is 11.0 Å². The van der Waals surface area contributed by atoms with Crippen LogP contribution < -0.4 is 15.5 Å². The number of hydrogen-bond donors (Lipinski definition) is 2. The lowest BCUT2D eigenvalue weighted by atomic mass is 9.93. The van der Waals surface area contributed by atoms with E-state index < -0.39 is 34.7 Å². The molecule has 2 N–H and O–H groups in total. The highest BCUT2D eigenvalue weighted by Gasteiger charge is 2.31. The minimum Gasteiger partial charge on any atom is -0.497 e. The Balaban J connectivity index is 1.32. The Bertz CT molecular complexity index is 1820. The van der Waals surface area contributed by atoms with Crippen molar-refractivity contribution in [2.75, 3.05) is 40.0 Å². The topological polar surface area (TPSA) is 145 Å². The molecule has 3 aromatic carbocycles. The summed E-state index contributed by atoms with van der Waals surface area (Å²) in [5, 5.41) is 12.9. The molecule has 4 aromatic rings. The standard InChI is InChI=1S/C34H36N2O9S/c1-42-26-11-13-27(14-12-26)46(40,41)36(17-19-37)18-20-43-32-22-25(29-23-44-30-10-6-5-9-28(30)33(29)38)21-31(45-32)34(39)35-16-15-24-7-3-2-4-8-24/h2-14,21,23,25,32,37H,15-20,22H2,1H3,(H,35,39)/t25-,32+/m0/s1. The van der Waals surface area contributed by atoms with E-state index in [1.165, 1.54) is 25.5 Å². The van der Waals surface area contributed by atoms with Crippen LogP contribution in [0.4, 0.5) is 0 Å². The zero-order valence-corrected chi connectivity index (χ0v) is 26.1. The summed E-state index contributed by atoms with van der Waals surface area (Å²) in [6, 6.07) is 22.6. The average molecular weight is 649 g/mol. The average Bonchev–Trinajstić information content (AvgIpc) is 3.08. The molecule has 0 spiro atoms. The smallest absolute Gasteiger partial charge is 0.286 e. The fourth-order valence-electron chi connectivity index (χ4n) is 5.18. The van der Waals surface area contributed by atoms with E-state index in [4.69, 9.17) is 18.6 Å². The molecule has 0 aliphatic carbocycles. The first-order valence-electron chi connectivity index (χ1n) is 14.9. The molecule has 0 radical (unpaired) electrons. The van der Waals surface area contributed by atoms with E-state index in [2.05, 4.69) is 5.32 Å². The number of nitrogens with zero attached hydrogens (tertiary/aromatic N) is 1. The van der Waals surface area contributed by atoms with Crippen molar-refractivity contribution in [3.63, 3.8) is 0 Å². The maximum Gasteiger partial charge on any atom is 0.286 e. The van der Waals surface area contributed by atoms with Gasteiger partial charge in [0.1, 0.15) is 11.3 Å². The summed E-state index contributed by atoms with van der Waals surface area (Å²) >= 11 is 0. The number of sulfonamides is 1. The van der Waals surface area contributed by atoms with Crippen LogP contribution >= 0.6 is 0 Å². The second-order valence-corrected chi connectivity index (χ2v) is 12.5. The summed E-state index contributed by atoms with van der Waals surface area (Å²) in [6.45, 7) is -0.400. The van der Waals surface area contributed by atoms with Crippen LogP contribution in [0.5, 0.6) is 5.75 Å². The predicted molar refractivity (Wildman–Crippen MR) is 171 cm³/mol. The minimum atomic E-state index is -3.96. The van der Waals surface area contributed by atoms with Crippen LogP contribution in [0.1, 0.15) is 23.5 Å². The lowest BCUT2D eigenvalue weighted by molar-refractivity contribution is -0.146. The zero-order valence-electron chi connectivity index (χ0n) is 25.3. The summed E-state index contributed by atoms with van der Waals surface area (Å²) in [5.74, 6) is -0.553. The van der Waals surface area contributed by atoms with Crippen molar-refractivity contribution in [1.82, 2.24) is 9.62 Å². The number of aliphatic hydroxyl groups excluding tert-OH is 1. The van der Waals surface area contributed by atoms with Crippen LogP contribution in [0.2, 0.25) is 0 Å². The number of nitrogens with one attached hydrogen (secondary N) is 1. The number of fused-ring (bicyclic) bond motifs is 1. The molecule has 2 atom stereocenters. The van der Waals surface area contributed by atoms with Crippen molar-refractivity contribution in [1.29, 1.82) is 0 Å². The Morgan fingerprint density at radius 3 is 2.50 bits per heavy atom. The van der Waals surface area contributed by atoms with Crippen LogP contribution in [0.3, 0.4) is 0 Å². The summed E-state index contributed by atoms with van der Waals surface area (Å²) < 4.78 is 50.5. The molecule has 0 bridgehead atoms. The second-order valence-electron chi connectivity index (χ2n) is 10.6. The fourth-order valence-corrected chi connectivity index (χ4v) is 6.60. The molecule has 0 saturated heterocycles. The first-order valence-corrected chi connectivity index (χ1v) is 16.3. The van der Waals surface area contributed by atoms with Crippen LogP contribution in [0.15, 0.2) is 111 Å². The number of aliphatic hydroxyl groups is 1. The van der Waals surface area contributed by atoms with Crippen molar-refractivity contribution in [3.05, 3.63) is 118 Å². The maximum absolute atomic E-state index is 13.4. The van der Waals surface area contributed by atoms with Gasteiger partial charge in [0.05, 0.1) is 36.9 Å². The fraction of sp³-hybridized carbons (Fsp3) is 0.294. The number of benzene rings is 3. The molecular formula is C34H36N2O9S. The van der Waals surface area contributed by atoms with E-state index in [1.807, 2.05) is 30.3 Å². The SMILES string of the molecule is COc1ccc(S(=O)(=O)N(CCO)CCO[C@H]2C[C@@H](c3coc4ccccc4c3=O)C=C(C(=O)NCCc3ccccc3)O2)cc1. The van der Waals surface area contributed by atoms with E-state index >= 15 is 0 Å². The van der Waals surface area contributed by atoms with Gasteiger partial charge in [-0.1, -0.05) is 42.5 Å². The van der Waals surface area contributed by atoms with Gasteiger partial charge in [-0.05, 0) is 54.5 Å². The molecule has 0 saturated carbocycles. The van der Waals surface area contributed by atoms with Gasteiger partial charge in [0.2, 0.25) is 16.3 Å². The predicted octanol–water partition coefficient (Wildman–Crippen LogP) is 3.57.